The molecule has 1 aromatic carbocycles. The van der Waals surface area contributed by atoms with Crippen molar-refractivity contribution in [1.29, 1.82) is 0 Å². The van der Waals surface area contributed by atoms with Gasteiger partial charge >= 0.3 is 0 Å². The Morgan fingerprint density at radius 2 is 2.07 bits per heavy atom. The third-order valence-electron chi connectivity index (χ3n) is 2.01. The van der Waals surface area contributed by atoms with E-state index in [2.05, 4.69) is 6.58 Å². The van der Waals surface area contributed by atoms with Crippen molar-refractivity contribution in [3.05, 3.63) is 46.2 Å². The maximum Gasteiger partial charge on any atom is 0.142 e. The fourth-order valence-corrected chi connectivity index (χ4v) is 1.90. The Morgan fingerprint density at radius 3 is 2.57 bits per heavy atom. The molecule has 1 atom stereocenters. The molecule has 0 spiro atoms. The first-order valence-corrected chi connectivity index (χ1v) is 4.72. The van der Waals surface area contributed by atoms with Crippen LogP contribution in [0.5, 0.6) is 0 Å². The van der Waals surface area contributed by atoms with Crippen LogP contribution in [-0.2, 0) is 5.54 Å². The van der Waals surface area contributed by atoms with E-state index in [1.165, 1.54) is 18.2 Å². The topological polar surface area (TPSA) is 26.0 Å². The molecule has 4 heteroatoms. The molecule has 0 saturated heterocycles. The third kappa shape index (κ3) is 1.92. The maximum absolute atomic E-state index is 13.1. The molecule has 0 aliphatic carbocycles. The van der Waals surface area contributed by atoms with Gasteiger partial charge in [-0.05, 0) is 19.1 Å². The summed E-state index contributed by atoms with van der Waals surface area (Å²) in [5.41, 5.74) is 5.28. The normalized spacial score (nSPS) is 14.9. The van der Waals surface area contributed by atoms with Crippen molar-refractivity contribution >= 4 is 23.2 Å². The van der Waals surface area contributed by atoms with Gasteiger partial charge in [-0.15, -0.1) is 6.58 Å². The molecule has 0 amide bonds. The Balaban J connectivity index is 3.47. The number of hydrogen-bond donors (Lipinski definition) is 1. The lowest BCUT2D eigenvalue weighted by atomic mass is 9.93. The molecular weight excluding hydrogens is 224 g/mol. The van der Waals surface area contributed by atoms with Crippen LogP contribution >= 0.6 is 23.2 Å². The number of hydrogen-bond acceptors (Lipinski definition) is 1. The Bertz CT molecular complexity index is 375. The summed E-state index contributed by atoms with van der Waals surface area (Å²) in [7, 11) is 0. The van der Waals surface area contributed by atoms with Crippen LogP contribution in [0.3, 0.4) is 0 Å². The van der Waals surface area contributed by atoms with Crippen LogP contribution in [0.15, 0.2) is 24.8 Å². The summed E-state index contributed by atoms with van der Waals surface area (Å²) in [6, 6.07) is 2.63. The van der Waals surface area contributed by atoms with E-state index >= 15 is 0 Å². The van der Waals surface area contributed by atoms with E-state index in [0.29, 0.717) is 10.6 Å². The van der Waals surface area contributed by atoms with E-state index in [1.54, 1.807) is 6.92 Å². The number of nitrogens with two attached hydrogens (primary N) is 1. The molecule has 1 aromatic rings. The van der Waals surface area contributed by atoms with Gasteiger partial charge in [0.1, 0.15) is 5.82 Å². The monoisotopic (exact) mass is 233 g/mol. The molecule has 0 radical (unpaired) electrons. The standard InChI is InChI=1S/C10H10Cl2FN/c1-3-10(2,14)8-6(11)4-5-7(13)9(8)12/h3-5H,1,14H2,2H3/t10-/m0/s1. The highest BCUT2D eigenvalue weighted by Gasteiger charge is 2.25. The molecule has 14 heavy (non-hydrogen) atoms. The highest BCUT2D eigenvalue weighted by Crippen LogP contribution is 2.34. The van der Waals surface area contributed by atoms with E-state index in [-0.39, 0.29) is 5.02 Å². The van der Waals surface area contributed by atoms with E-state index in [0.717, 1.165) is 0 Å². The Kier molecular flexibility index (Phi) is 3.20. The Hall–Kier alpha value is -0.570. The summed E-state index contributed by atoms with van der Waals surface area (Å²) in [6.07, 6.45) is 1.47. The summed E-state index contributed by atoms with van der Waals surface area (Å²) >= 11 is 11.7. The van der Waals surface area contributed by atoms with Gasteiger partial charge in [0, 0.05) is 10.6 Å². The molecule has 0 aliphatic rings. The molecule has 0 bridgehead atoms. The van der Waals surface area contributed by atoms with Gasteiger partial charge in [-0.3, -0.25) is 0 Å². The second-order valence-electron chi connectivity index (χ2n) is 3.21. The van der Waals surface area contributed by atoms with Gasteiger partial charge in [-0.25, -0.2) is 4.39 Å². The van der Waals surface area contributed by atoms with Crippen molar-refractivity contribution in [2.24, 2.45) is 5.73 Å². The zero-order valence-corrected chi connectivity index (χ0v) is 9.16. The second-order valence-corrected chi connectivity index (χ2v) is 3.99. The molecule has 1 nitrogen and oxygen atoms in total. The quantitative estimate of drug-likeness (QED) is 0.615. The maximum atomic E-state index is 13.1. The van der Waals surface area contributed by atoms with E-state index in [1.807, 2.05) is 0 Å². The van der Waals surface area contributed by atoms with Crippen molar-refractivity contribution in [2.75, 3.05) is 0 Å². The SMILES string of the molecule is C=C[C@](C)(N)c1c(Cl)ccc(F)c1Cl. The van der Waals surface area contributed by atoms with E-state index in [4.69, 9.17) is 28.9 Å². The lowest BCUT2D eigenvalue weighted by Crippen LogP contribution is -2.31. The van der Waals surface area contributed by atoms with Crippen LogP contribution in [0, 0.1) is 5.82 Å². The summed E-state index contributed by atoms with van der Waals surface area (Å²) in [6.45, 7) is 5.22. The summed E-state index contributed by atoms with van der Waals surface area (Å²) in [4.78, 5) is 0. The zero-order chi connectivity index (χ0) is 10.9. The van der Waals surface area contributed by atoms with Crippen molar-refractivity contribution in [1.82, 2.24) is 0 Å². The molecule has 0 unspecified atom stereocenters. The van der Waals surface area contributed by atoms with Crippen molar-refractivity contribution < 1.29 is 4.39 Å². The van der Waals surface area contributed by atoms with Gasteiger partial charge in [0.25, 0.3) is 0 Å². The minimum atomic E-state index is -0.934. The predicted octanol–water partition coefficient (Wildman–Crippen LogP) is 3.49. The van der Waals surface area contributed by atoms with Crippen LogP contribution in [-0.4, -0.2) is 0 Å². The van der Waals surface area contributed by atoms with Gasteiger partial charge in [0.15, 0.2) is 0 Å². The summed E-state index contributed by atoms with van der Waals surface area (Å²) in [5.74, 6) is -0.537. The average Bonchev–Trinajstić information content (AvgIpc) is 2.12. The minimum Gasteiger partial charge on any atom is -0.318 e. The molecule has 0 aromatic heterocycles. The van der Waals surface area contributed by atoms with Crippen molar-refractivity contribution in [3.63, 3.8) is 0 Å². The number of rotatable bonds is 2. The molecule has 0 heterocycles. The highest BCUT2D eigenvalue weighted by molar-refractivity contribution is 6.36. The number of benzene rings is 1. The molecule has 0 saturated carbocycles. The molecule has 0 aliphatic heterocycles. The van der Waals surface area contributed by atoms with Crippen LogP contribution < -0.4 is 5.73 Å². The van der Waals surface area contributed by atoms with Crippen molar-refractivity contribution in [2.45, 2.75) is 12.5 Å². The first-order valence-electron chi connectivity index (χ1n) is 3.96. The third-order valence-corrected chi connectivity index (χ3v) is 2.69. The fourth-order valence-electron chi connectivity index (χ4n) is 1.12. The Morgan fingerprint density at radius 1 is 1.50 bits per heavy atom. The van der Waals surface area contributed by atoms with E-state index < -0.39 is 11.4 Å². The molecule has 76 valence electrons. The summed E-state index contributed by atoms with van der Waals surface area (Å²) in [5, 5.41) is 0.281. The van der Waals surface area contributed by atoms with Crippen LogP contribution in [0.2, 0.25) is 10.0 Å². The van der Waals surface area contributed by atoms with Gasteiger partial charge in [0.05, 0.1) is 10.6 Å². The molecule has 2 N–H and O–H groups in total. The zero-order valence-electron chi connectivity index (χ0n) is 7.65. The van der Waals surface area contributed by atoms with Gasteiger partial charge in [-0.1, -0.05) is 29.3 Å². The van der Waals surface area contributed by atoms with Gasteiger partial charge in [0.2, 0.25) is 0 Å². The minimum absolute atomic E-state index is 0.0533. The van der Waals surface area contributed by atoms with Crippen LogP contribution in [0.4, 0.5) is 4.39 Å². The van der Waals surface area contributed by atoms with Crippen LogP contribution in [0.25, 0.3) is 0 Å². The molecular formula is C10H10Cl2FN. The Labute approximate surface area is 92.3 Å². The summed E-state index contributed by atoms with van der Waals surface area (Å²) < 4.78 is 13.1. The average molecular weight is 234 g/mol. The van der Waals surface area contributed by atoms with Gasteiger partial charge < -0.3 is 5.73 Å². The van der Waals surface area contributed by atoms with Gasteiger partial charge in [-0.2, -0.15) is 0 Å². The molecule has 1 rings (SSSR count). The lowest BCUT2D eigenvalue weighted by molar-refractivity contribution is 0.598. The van der Waals surface area contributed by atoms with Crippen LogP contribution in [0.1, 0.15) is 12.5 Å². The first kappa shape index (κ1) is 11.5. The predicted molar refractivity (Wildman–Crippen MR) is 58.2 cm³/mol. The second kappa shape index (κ2) is 3.89. The first-order chi connectivity index (χ1) is 6.40. The fraction of sp³-hybridized carbons (Fsp3) is 0.200. The van der Waals surface area contributed by atoms with E-state index in [9.17, 15) is 4.39 Å². The lowest BCUT2D eigenvalue weighted by Gasteiger charge is -2.23. The molecule has 0 fully saturated rings. The van der Waals surface area contributed by atoms with Crippen molar-refractivity contribution in [3.8, 4) is 0 Å². The highest BCUT2D eigenvalue weighted by atomic mass is 35.5. The largest absolute Gasteiger partial charge is 0.318 e. The number of halogens is 3. The smallest absolute Gasteiger partial charge is 0.142 e.